The molecule has 0 unspecified atom stereocenters. The first-order valence-electron chi connectivity index (χ1n) is 13.0. The molecule has 1 aromatic heterocycles. The number of fused-ring (bicyclic) bond motifs is 1. The van der Waals surface area contributed by atoms with Crippen molar-refractivity contribution in [2.45, 2.75) is 66.0 Å². The monoisotopic (exact) mass is 531 g/mol. The molecule has 2 heterocycles. The third-order valence-electron chi connectivity index (χ3n) is 6.43. The predicted octanol–water partition coefficient (Wildman–Crippen LogP) is 3.87. The molecule has 1 aliphatic heterocycles. The number of amides is 3. The summed E-state index contributed by atoms with van der Waals surface area (Å²) in [6.07, 6.45) is 1.25. The van der Waals surface area contributed by atoms with E-state index in [0.29, 0.717) is 54.5 Å². The number of aryl methyl sites for hydroxylation is 1. The molecule has 0 saturated heterocycles. The first kappa shape index (κ1) is 28.5. The second kappa shape index (κ2) is 12.9. The Labute approximate surface area is 223 Å². The molecule has 202 valence electrons. The summed E-state index contributed by atoms with van der Waals surface area (Å²) in [4.78, 5) is 41.1. The molecule has 3 rings (SSSR count). The number of nitrogens with one attached hydrogen (secondary N) is 2. The highest BCUT2D eigenvalue weighted by atomic mass is 35.5. The molecular weight excluding hydrogens is 494 g/mol. The molecule has 1 aromatic carbocycles. The second-order valence-corrected chi connectivity index (χ2v) is 10.4. The van der Waals surface area contributed by atoms with E-state index in [4.69, 9.17) is 16.3 Å². The Morgan fingerprint density at radius 3 is 2.62 bits per heavy atom. The van der Waals surface area contributed by atoms with Gasteiger partial charge >= 0.3 is 0 Å². The van der Waals surface area contributed by atoms with E-state index in [-0.39, 0.29) is 48.8 Å². The fraction of sp³-hybridized carbons (Fsp3) is 0.556. The van der Waals surface area contributed by atoms with Crippen molar-refractivity contribution in [2.24, 2.45) is 5.92 Å². The Balaban J connectivity index is 1.85. The second-order valence-electron chi connectivity index (χ2n) is 9.98. The molecule has 9 nitrogen and oxygen atoms in total. The molecule has 37 heavy (non-hydrogen) atoms. The van der Waals surface area contributed by atoms with E-state index in [2.05, 4.69) is 15.7 Å². The van der Waals surface area contributed by atoms with Crippen molar-refractivity contribution in [1.82, 2.24) is 25.3 Å². The van der Waals surface area contributed by atoms with E-state index in [1.807, 2.05) is 40.7 Å². The maximum Gasteiger partial charge on any atom is 0.272 e. The first-order chi connectivity index (χ1) is 17.6. The molecule has 1 aliphatic rings. The molecule has 3 amide bonds. The fourth-order valence-electron chi connectivity index (χ4n) is 4.08. The Hall–Kier alpha value is -3.07. The molecule has 0 saturated carbocycles. The van der Waals surface area contributed by atoms with E-state index >= 15 is 0 Å². The maximum atomic E-state index is 13.6. The first-order valence-corrected chi connectivity index (χ1v) is 13.3. The summed E-state index contributed by atoms with van der Waals surface area (Å²) >= 11 is 6.14. The average Bonchev–Trinajstić information content (AvgIpc) is 3.29. The van der Waals surface area contributed by atoms with Crippen molar-refractivity contribution in [3.05, 3.63) is 46.2 Å². The van der Waals surface area contributed by atoms with Crippen molar-refractivity contribution in [1.29, 1.82) is 0 Å². The van der Waals surface area contributed by atoms with Gasteiger partial charge < -0.3 is 20.3 Å². The Morgan fingerprint density at radius 1 is 1.19 bits per heavy atom. The van der Waals surface area contributed by atoms with Crippen molar-refractivity contribution in [3.8, 4) is 5.75 Å². The van der Waals surface area contributed by atoms with Crippen LogP contribution in [0.25, 0.3) is 0 Å². The van der Waals surface area contributed by atoms with E-state index in [0.717, 1.165) is 5.69 Å². The van der Waals surface area contributed by atoms with Crippen LogP contribution in [0.3, 0.4) is 0 Å². The molecule has 0 fully saturated rings. The highest BCUT2D eigenvalue weighted by Crippen LogP contribution is 2.24. The molecule has 1 atom stereocenters. The van der Waals surface area contributed by atoms with E-state index < -0.39 is 0 Å². The van der Waals surface area contributed by atoms with Crippen LogP contribution >= 0.6 is 11.6 Å². The summed E-state index contributed by atoms with van der Waals surface area (Å²) in [7, 11) is 0. The summed E-state index contributed by atoms with van der Waals surface area (Å²) in [5, 5.41) is 10.9. The Bertz CT molecular complexity index is 1110. The van der Waals surface area contributed by atoms with Crippen molar-refractivity contribution in [3.63, 3.8) is 0 Å². The van der Waals surface area contributed by atoms with Gasteiger partial charge in [0.25, 0.3) is 11.8 Å². The number of hydrogen-bond acceptors (Lipinski definition) is 5. The molecule has 0 radical (unpaired) electrons. The zero-order valence-electron chi connectivity index (χ0n) is 22.3. The normalized spacial score (nSPS) is 17.9. The van der Waals surface area contributed by atoms with Gasteiger partial charge in [0, 0.05) is 24.7 Å². The van der Waals surface area contributed by atoms with Gasteiger partial charge in [0.1, 0.15) is 18.1 Å². The lowest BCUT2D eigenvalue weighted by atomic mass is 10.1. The number of carbonyl (C=O) groups excluding carboxylic acids is 3. The van der Waals surface area contributed by atoms with Gasteiger partial charge in [0.05, 0.1) is 23.8 Å². The van der Waals surface area contributed by atoms with Gasteiger partial charge in [-0.3, -0.25) is 19.1 Å². The van der Waals surface area contributed by atoms with Crippen LogP contribution < -0.4 is 15.4 Å². The molecule has 10 heteroatoms. The van der Waals surface area contributed by atoms with Crippen molar-refractivity contribution in [2.75, 3.05) is 26.2 Å². The predicted molar refractivity (Wildman–Crippen MR) is 143 cm³/mol. The number of nitrogens with zero attached hydrogens (tertiary/aromatic N) is 3. The molecule has 0 spiro atoms. The maximum absolute atomic E-state index is 13.6. The summed E-state index contributed by atoms with van der Waals surface area (Å²) < 4.78 is 7.68. The third kappa shape index (κ3) is 7.47. The number of aromatic nitrogens is 2. The zero-order valence-corrected chi connectivity index (χ0v) is 23.1. The molecule has 0 bridgehead atoms. The molecule has 0 aliphatic carbocycles. The lowest BCUT2D eigenvalue weighted by Crippen LogP contribution is -2.48. The Morgan fingerprint density at radius 2 is 1.95 bits per heavy atom. The highest BCUT2D eigenvalue weighted by Gasteiger charge is 2.26. The van der Waals surface area contributed by atoms with Crippen molar-refractivity contribution < 1.29 is 19.1 Å². The molecule has 2 aromatic rings. The van der Waals surface area contributed by atoms with Crippen LogP contribution in [0.15, 0.2) is 24.3 Å². The topological polar surface area (TPSA) is 106 Å². The fourth-order valence-corrected chi connectivity index (χ4v) is 4.25. The summed E-state index contributed by atoms with van der Waals surface area (Å²) in [5.41, 5.74) is 1.66. The van der Waals surface area contributed by atoms with Crippen LogP contribution in [0.2, 0.25) is 5.02 Å². The smallest absolute Gasteiger partial charge is 0.272 e. The summed E-state index contributed by atoms with van der Waals surface area (Å²) in [6, 6.07) is 6.40. The lowest BCUT2D eigenvalue weighted by molar-refractivity contribution is -0.123. The van der Waals surface area contributed by atoms with Gasteiger partial charge in [-0.2, -0.15) is 5.10 Å². The van der Waals surface area contributed by atoms with Gasteiger partial charge in [-0.1, -0.05) is 39.3 Å². The quantitative estimate of drug-likeness (QED) is 0.623. The number of rotatable bonds is 4. The van der Waals surface area contributed by atoms with Gasteiger partial charge in [-0.25, -0.2) is 0 Å². The number of halogens is 1. The van der Waals surface area contributed by atoms with E-state index in [9.17, 15) is 14.4 Å². The number of benzene rings is 1. The Kier molecular flexibility index (Phi) is 9.97. The average molecular weight is 532 g/mol. The van der Waals surface area contributed by atoms with Gasteiger partial charge in [0.15, 0.2) is 0 Å². The van der Waals surface area contributed by atoms with Gasteiger partial charge in [-0.15, -0.1) is 0 Å². The van der Waals surface area contributed by atoms with Crippen LogP contribution in [0.4, 0.5) is 0 Å². The molecule has 2 N–H and O–H groups in total. The summed E-state index contributed by atoms with van der Waals surface area (Å²) in [6.45, 7) is 11.4. The van der Waals surface area contributed by atoms with Crippen LogP contribution in [0, 0.1) is 5.92 Å². The largest absolute Gasteiger partial charge is 0.491 e. The summed E-state index contributed by atoms with van der Waals surface area (Å²) in [5.74, 6) is -0.129. The van der Waals surface area contributed by atoms with Crippen LogP contribution in [-0.2, 0) is 11.3 Å². The zero-order chi connectivity index (χ0) is 27.1. The minimum absolute atomic E-state index is 0.0588. The van der Waals surface area contributed by atoms with E-state index in [1.54, 1.807) is 27.8 Å². The number of hydrogen-bond donors (Lipinski definition) is 2. The lowest BCUT2D eigenvalue weighted by Gasteiger charge is -2.26. The van der Waals surface area contributed by atoms with Crippen molar-refractivity contribution >= 4 is 29.3 Å². The number of carbonyl (C=O) groups is 3. The minimum Gasteiger partial charge on any atom is -0.491 e. The minimum atomic E-state index is -0.324. The third-order valence-corrected chi connectivity index (χ3v) is 6.66. The van der Waals surface area contributed by atoms with Crippen LogP contribution in [0.1, 0.15) is 79.9 Å². The van der Waals surface area contributed by atoms with E-state index in [1.165, 1.54) is 0 Å². The molecular formula is C27H38ClN5O4. The van der Waals surface area contributed by atoms with Gasteiger partial charge in [0.2, 0.25) is 5.91 Å². The number of ether oxygens (including phenoxy) is 1. The standard InChI is InChI=1S/C27H38ClN5O4/c1-6-33-23(14-21(31-33)17(2)3)27(36)32-12-8-7-11-29-26(35)20-13-19(28)9-10-24(20)37-16-22(18(4)5)30-25(34)15-32/h9-10,13-14,17-18,22H,6-8,11-12,15-16H2,1-5H3,(H,29,35)(H,30,34)/t22-/m0/s1. The van der Waals surface area contributed by atoms with Gasteiger partial charge in [-0.05, 0) is 55.9 Å². The highest BCUT2D eigenvalue weighted by molar-refractivity contribution is 6.31. The SMILES string of the molecule is CCn1nc(C(C)C)cc1C(=O)N1CCCCNC(=O)c2cc(Cl)ccc2OC[C@@H](C(C)C)NC(=O)C1. The van der Waals surface area contributed by atoms with Crippen LogP contribution in [0.5, 0.6) is 5.75 Å². The van der Waals surface area contributed by atoms with Crippen LogP contribution in [-0.4, -0.2) is 64.7 Å².